The second kappa shape index (κ2) is 7.00. The van der Waals surface area contributed by atoms with Gasteiger partial charge in [0.1, 0.15) is 23.8 Å². The maximum Gasteiger partial charge on any atom is 0.251 e. The van der Waals surface area contributed by atoms with Crippen molar-refractivity contribution in [2.75, 3.05) is 6.61 Å². The minimum atomic E-state index is -0.308. The molecule has 24 heavy (non-hydrogen) atoms. The fraction of sp³-hybridized carbons (Fsp3) is 0.105. The van der Waals surface area contributed by atoms with E-state index in [4.69, 9.17) is 9.15 Å². The Balaban J connectivity index is 1.78. The van der Waals surface area contributed by atoms with E-state index in [0.29, 0.717) is 30.0 Å². The largest absolute Gasteiger partial charge is 0.489 e. The van der Waals surface area contributed by atoms with E-state index >= 15 is 0 Å². The van der Waals surface area contributed by atoms with Crippen molar-refractivity contribution in [3.05, 3.63) is 78.3 Å². The summed E-state index contributed by atoms with van der Waals surface area (Å²) < 4.78 is 23.9. The fourth-order valence-corrected chi connectivity index (χ4v) is 2.32. The Morgan fingerprint density at radius 2 is 2.04 bits per heavy atom. The molecule has 1 heterocycles. The maximum atomic E-state index is 12.9. The number of ether oxygens (including phenoxy) is 1. The van der Waals surface area contributed by atoms with Crippen LogP contribution in [0.1, 0.15) is 15.9 Å². The molecule has 0 spiro atoms. The van der Waals surface area contributed by atoms with Gasteiger partial charge in [0.25, 0.3) is 5.91 Å². The second-order valence-corrected chi connectivity index (χ2v) is 5.22. The summed E-state index contributed by atoms with van der Waals surface area (Å²) in [6, 6.07) is 11.1. The summed E-state index contributed by atoms with van der Waals surface area (Å²) in [7, 11) is 0. The predicted octanol–water partition coefficient (Wildman–Crippen LogP) is 4.07. The number of halogens is 1. The zero-order valence-corrected chi connectivity index (χ0v) is 12.9. The molecule has 0 unspecified atom stereocenters. The third kappa shape index (κ3) is 3.46. The Morgan fingerprint density at radius 3 is 2.79 bits per heavy atom. The maximum absolute atomic E-state index is 12.9. The first kappa shape index (κ1) is 15.8. The van der Waals surface area contributed by atoms with E-state index in [2.05, 4.69) is 11.9 Å². The van der Waals surface area contributed by atoms with Gasteiger partial charge < -0.3 is 14.5 Å². The lowest BCUT2D eigenvalue weighted by molar-refractivity contribution is 0.0950. The van der Waals surface area contributed by atoms with Crippen molar-refractivity contribution in [1.82, 2.24) is 5.32 Å². The summed E-state index contributed by atoms with van der Waals surface area (Å²) in [6.07, 6.45) is 3.18. The number of furan rings is 1. The molecular formula is C19H16FNO3. The van der Waals surface area contributed by atoms with E-state index in [1.807, 2.05) is 0 Å². The zero-order chi connectivity index (χ0) is 16.9. The van der Waals surface area contributed by atoms with Gasteiger partial charge in [-0.25, -0.2) is 4.39 Å². The Labute approximate surface area is 138 Å². The molecule has 122 valence electrons. The van der Waals surface area contributed by atoms with Gasteiger partial charge in [-0.15, -0.1) is 0 Å². The van der Waals surface area contributed by atoms with Crippen LogP contribution in [0, 0.1) is 5.82 Å². The number of hydrogen-bond acceptors (Lipinski definition) is 3. The summed E-state index contributed by atoms with van der Waals surface area (Å²) in [5.74, 6) is -0.00785. The summed E-state index contributed by atoms with van der Waals surface area (Å²) in [5.41, 5.74) is 1.81. The molecule has 0 atom stereocenters. The Kier molecular flexibility index (Phi) is 4.61. The molecule has 5 heteroatoms. The number of hydrogen-bond donors (Lipinski definition) is 1. The van der Waals surface area contributed by atoms with Crippen molar-refractivity contribution in [3.63, 3.8) is 0 Å². The standard InChI is InChI=1S/C19H16FNO3/c1-2-8-23-17-10-14(11-18-16(17)7-9-24-18)19(22)21-12-13-3-5-15(20)6-4-13/h2-7,9-11H,1,8,12H2,(H,21,22). The molecule has 0 aliphatic rings. The van der Waals surface area contributed by atoms with Gasteiger partial charge in [0.05, 0.1) is 11.6 Å². The van der Waals surface area contributed by atoms with Crippen molar-refractivity contribution >= 4 is 16.9 Å². The van der Waals surface area contributed by atoms with Crippen LogP contribution in [0.15, 0.2) is 65.8 Å². The highest BCUT2D eigenvalue weighted by molar-refractivity contribution is 5.99. The highest BCUT2D eigenvalue weighted by Crippen LogP contribution is 2.28. The minimum absolute atomic E-state index is 0.263. The second-order valence-electron chi connectivity index (χ2n) is 5.22. The number of nitrogens with one attached hydrogen (secondary N) is 1. The molecule has 0 saturated carbocycles. The van der Waals surface area contributed by atoms with Crippen molar-refractivity contribution in [3.8, 4) is 5.75 Å². The molecule has 3 aromatic rings. The molecule has 1 aromatic heterocycles. The molecule has 0 saturated heterocycles. The monoisotopic (exact) mass is 325 g/mol. The first-order chi connectivity index (χ1) is 11.7. The molecule has 0 fully saturated rings. The van der Waals surface area contributed by atoms with Crippen molar-refractivity contribution < 1.29 is 18.3 Å². The van der Waals surface area contributed by atoms with Gasteiger partial charge >= 0.3 is 0 Å². The van der Waals surface area contributed by atoms with Gasteiger partial charge in [0.2, 0.25) is 0 Å². The van der Waals surface area contributed by atoms with Gasteiger partial charge in [-0.05, 0) is 35.9 Å². The number of rotatable bonds is 6. The third-order valence-electron chi connectivity index (χ3n) is 3.52. The average Bonchev–Trinajstić information content (AvgIpc) is 3.07. The average molecular weight is 325 g/mol. The molecule has 3 rings (SSSR count). The number of amides is 1. The zero-order valence-electron chi connectivity index (χ0n) is 12.9. The third-order valence-corrected chi connectivity index (χ3v) is 3.52. The van der Waals surface area contributed by atoms with E-state index in [1.54, 1.807) is 42.7 Å². The van der Waals surface area contributed by atoms with Crippen LogP contribution >= 0.6 is 0 Å². The quantitative estimate of drug-likeness (QED) is 0.695. The van der Waals surface area contributed by atoms with Gasteiger partial charge in [0, 0.05) is 12.1 Å². The van der Waals surface area contributed by atoms with Crippen molar-refractivity contribution in [1.29, 1.82) is 0 Å². The SMILES string of the molecule is C=CCOc1cc(C(=O)NCc2ccc(F)cc2)cc2occc12. The van der Waals surface area contributed by atoms with Gasteiger partial charge in [-0.2, -0.15) is 0 Å². The lowest BCUT2D eigenvalue weighted by atomic mass is 10.1. The molecule has 4 nitrogen and oxygen atoms in total. The summed E-state index contributed by atoms with van der Waals surface area (Å²) in [4.78, 5) is 12.4. The Morgan fingerprint density at radius 1 is 1.25 bits per heavy atom. The van der Waals surface area contributed by atoms with Crippen molar-refractivity contribution in [2.45, 2.75) is 6.54 Å². The number of carbonyl (C=O) groups excluding carboxylic acids is 1. The molecule has 0 radical (unpaired) electrons. The first-order valence-corrected chi connectivity index (χ1v) is 7.45. The van der Waals surface area contributed by atoms with Gasteiger partial charge in [-0.1, -0.05) is 24.8 Å². The van der Waals surface area contributed by atoms with Crippen LogP contribution in [0.5, 0.6) is 5.75 Å². The highest BCUT2D eigenvalue weighted by atomic mass is 19.1. The van der Waals surface area contributed by atoms with Crippen LogP contribution in [0.4, 0.5) is 4.39 Å². The summed E-state index contributed by atoms with van der Waals surface area (Å²) in [5, 5.41) is 3.59. The van der Waals surface area contributed by atoms with Crippen LogP contribution in [0.25, 0.3) is 11.0 Å². The van der Waals surface area contributed by atoms with E-state index in [1.165, 1.54) is 12.1 Å². The molecule has 2 aromatic carbocycles. The molecule has 0 aliphatic carbocycles. The van der Waals surface area contributed by atoms with Crippen LogP contribution in [0.3, 0.4) is 0 Å². The minimum Gasteiger partial charge on any atom is -0.489 e. The van der Waals surface area contributed by atoms with Gasteiger partial charge in [0.15, 0.2) is 0 Å². The molecule has 1 N–H and O–H groups in total. The lowest BCUT2D eigenvalue weighted by Crippen LogP contribution is -2.22. The molecule has 0 aliphatic heterocycles. The van der Waals surface area contributed by atoms with Crippen LogP contribution in [-0.4, -0.2) is 12.5 Å². The Hall–Kier alpha value is -3.08. The predicted molar refractivity (Wildman–Crippen MR) is 89.5 cm³/mol. The van der Waals surface area contributed by atoms with E-state index in [-0.39, 0.29) is 11.7 Å². The molecular weight excluding hydrogens is 309 g/mol. The highest BCUT2D eigenvalue weighted by Gasteiger charge is 2.13. The van der Waals surface area contributed by atoms with E-state index < -0.39 is 0 Å². The summed E-state index contributed by atoms with van der Waals surface area (Å²) >= 11 is 0. The summed E-state index contributed by atoms with van der Waals surface area (Å²) in [6.45, 7) is 4.25. The first-order valence-electron chi connectivity index (χ1n) is 7.45. The van der Waals surface area contributed by atoms with Gasteiger partial charge in [-0.3, -0.25) is 4.79 Å². The van der Waals surface area contributed by atoms with E-state index in [0.717, 1.165) is 10.9 Å². The number of benzene rings is 2. The van der Waals surface area contributed by atoms with Crippen LogP contribution in [0.2, 0.25) is 0 Å². The number of carbonyl (C=O) groups is 1. The smallest absolute Gasteiger partial charge is 0.251 e. The molecule has 0 bridgehead atoms. The number of fused-ring (bicyclic) bond motifs is 1. The van der Waals surface area contributed by atoms with Crippen molar-refractivity contribution in [2.24, 2.45) is 0 Å². The molecule has 1 amide bonds. The topological polar surface area (TPSA) is 51.5 Å². The Bertz CT molecular complexity index is 868. The lowest BCUT2D eigenvalue weighted by Gasteiger charge is -2.09. The fourth-order valence-electron chi connectivity index (χ4n) is 2.32. The van der Waals surface area contributed by atoms with Crippen LogP contribution < -0.4 is 10.1 Å². The normalized spacial score (nSPS) is 10.5. The van der Waals surface area contributed by atoms with Crippen LogP contribution in [-0.2, 0) is 6.54 Å². The van der Waals surface area contributed by atoms with E-state index in [9.17, 15) is 9.18 Å².